The number of rotatable bonds is 3. The molecule has 1 aliphatic heterocycles. The van der Waals surface area contributed by atoms with Crippen molar-refractivity contribution in [3.63, 3.8) is 0 Å². The minimum atomic E-state index is -0.995. The molecule has 0 aromatic heterocycles. The zero-order valence-corrected chi connectivity index (χ0v) is 8.80. The Balaban J connectivity index is 2.82. The van der Waals surface area contributed by atoms with Crippen LogP contribution in [0, 0.1) is 5.92 Å². The topological polar surface area (TPSA) is 57.5 Å². The Kier molecular flexibility index (Phi) is 3.24. The van der Waals surface area contributed by atoms with Crippen molar-refractivity contribution in [2.45, 2.75) is 37.5 Å². The average molecular weight is 204 g/mol. The van der Waals surface area contributed by atoms with Gasteiger partial charge in [0.05, 0.1) is 11.5 Å². The Morgan fingerprint density at radius 3 is 2.69 bits per heavy atom. The van der Waals surface area contributed by atoms with Crippen molar-refractivity contribution in [3.8, 4) is 0 Å². The molecular weight excluding hydrogens is 188 g/mol. The van der Waals surface area contributed by atoms with E-state index in [0.717, 1.165) is 5.75 Å². The first kappa shape index (κ1) is 10.9. The standard InChI is InChI=1S/C9H16O3S/c1-3-7(8(10)11)9(12)4-5-13-6(9)2/h6-7,12H,3-5H2,1-2H3,(H,10,11). The fourth-order valence-electron chi connectivity index (χ4n) is 1.95. The number of carboxylic acids is 1. The minimum absolute atomic E-state index is 0.0357. The van der Waals surface area contributed by atoms with E-state index in [-0.39, 0.29) is 5.25 Å². The van der Waals surface area contributed by atoms with Crippen LogP contribution in [0.3, 0.4) is 0 Å². The first-order valence-electron chi connectivity index (χ1n) is 4.59. The van der Waals surface area contributed by atoms with Gasteiger partial charge in [-0.15, -0.1) is 0 Å². The van der Waals surface area contributed by atoms with Crippen LogP contribution in [0.4, 0.5) is 0 Å². The molecule has 0 aromatic rings. The van der Waals surface area contributed by atoms with E-state index in [2.05, 4.69) is 0 Å². The lowest BCUT2D eigenvalue weighted by Gasteiger charge is -2.32. The van der Waals surface area contributed by atoms with Gasteiger partial charge in [0.15, 0.2) is 0 Å². The summed E-state index contributed by atoms with van der Waals surface area (Å²) >= 11 is 1.65. The van der Waals surface area contributed by atoms with Gasteiger partial charge in [-0.1, -0.05) is 13.8 Å². The summed E-state index contributed by atoms with van der Waals surface area (Å²) in [6, 6.07) is 0. The highest BCUT2D eigenvalue weighted by molar-refractivity contribution is 8.00. The van der Waals surface area contributed by atoms with Crippen LogP contribution in [0.1, 0.15) is 26.7 Å². The van der Waals surface area contributed by atoms with Crippen molar-refractivity contribution >= 4 is 17.7 Å². The zero-order chi connectivity index (χ0) is 10.1. The Morgan fingerprint density at radius 2 is 2.38 bits per heavy atom. The molecular formula is C9H16O3S. The summed E-state index contributed by atoms with van der Waals surface area (Å²) in [4.78, 5) is 10.9. The molecule has 4 heteroatoms. The SMILES string of the molecule is CCC(C(=O)O)C1(O)CCSC1C. The van der Waals surface area contributed by atoms with Gasteiger partial charge in [0.25, 0.3) is 0 Å². The Bertz CT molecular complexity index is 207. The zero-order valence-electron chi connectivity index (χ0n) is 7.99. The summed E-state index contributed by atoms with van der Waals surface area (Å²) in [7, 11) is 0. The summed E-state index contributed by atoms with van der Waals surface area (Å²) in [6.45, 7) is 3.72. The third kappa shape index (κ3) is 1.83. The summed E-state index contributed by atoms with van der Waals surface area (Å²) in [5.74, 6) is -0.626. The molecule has 1 saturated heterocycles. The summed E-state index contributed by atoms with van der Waals surface area (Å²) in [6.07, 6.45) is 1.10. The van der Waals surface area contributed by atoms with Crippen molar-refractivity contribution in [2.75, 3.05) is 5.75 Å². The van der Waals surface area contributed by atoms with Crippen molar-refractivity contribution in [2.24, 2.45) is 5.92 Å². The Labute approximate surface area is 82.5 Å². The molecule has 13 heavy (non-hydrogen) atoms. The molecule has 0 aromatic carbocycles. The van der Waals surface area contributed by atoms with Gasteiger partial charge in [-0.3, -0.25) is 4.79 Å². The predicted octanol–water partition coefficient (Wildman–Crippen LogP) is 1.35. The van der Waals surface area contributed by atoms with Crippen LogP contribution in [0.15, 0.2) is 0 Å². The fraction of sp³-hybridized carbons (Fsp3) is 0.889. The van der Waals surface area contributed by atoms with Crippen molar-refractivity contribution in [1.82, 2.24) is 0 Å². The summed E-state index contributed by atoms with van der Waals surface area (Å²) in [5.41, 5.74) is -0.995. The molecule has 0 aliphatic carbocycles. The molecule has 0 radical (unpaired) electrons. The lowest BCUT2D eigenvalue weighted by molar-refractivity contribution is -0.152. The molecule has 1 aliphatic rings. The van der Waals surface area contributed by atoms with Crippen LogP contribution in [0.2, 0.25) is 0 Å². The largest absolute Gasteiger partial charge is 0.481 e. The van der Waals surface area contributed by atoms with Crippen LogP contribution in [-0.2, 0) is 4.79 Å². The van der Waals surface area contributed by atoms with E-state index >= 15 is 0 Å². The molecule has 76 valence electrons. The molecule has 0 bridgehead atoms. The highest BCUT2D eigenvalue weighted by Crippen LogP contribution is 2.41. The Morgan fingerprint density at radius 1 is 1.77 bits per heavy atom. The number of aliphatic carboxylic acids is 1. The third-order valence-electron chi connectivity index (χ3n) is 2.88. The van der Waals surface area contributed by atoms with Crippen molar-refractivity contribution < 1.29 is 15.0 Å². The molecule has 3 unspecified atom stereocenters. The van der Waals surface area contributed by atoms with Gasteiger partial charge < -0.3 is 10.2 Å². The fourth-order valence-corrected chi connectivity index (χ4v) is 3.32. The first-order chi connectivity index (χ1) is 6.02. The normalized spacial score (nSPS) is 36.1. The highest BCUT2D eigenvalue weighted by atomic mass is 32.2. The number of carbonyl (C=O) groups is 1. The van der Waals surface area contributed by atoms with E-state index in [1.807, 2.05) is 13.8 Å². The summed E-state index contributed by atoms with van der Waals surface area (Å²) < 4.78 is 0. The monoisotopic (exact) mass is 204 g/mol. The van der Waals surface area contributed by atoms with Gasteiger partial charge >= 0.3 is 5.97 Å². The molecule has 0 spiro atoms. The van der Waals surface area contributed by atoms with E-state index in [1.54, 1.807) is 11.8 Å². The van der Waals surface area contributed by atoms with Crippen molar-refractivity contribution in [3.05, 3.63) is 0 Å². The second-order valence-corrected chi connectivity index (χ2v) is 5.00. The van der Waals surface area contributed by atoms with E-state index < -0.39 is 17.5 Å². The van der Waals surface area contributed by atoms with E-state index in [4.69, 9.17) is 5.11 Å². The van der Waals surface area contributed by atoms with Gasteiger partial charge in [0.2, 0.25) is 0 Å². The van der Waals surface area contributed by atoms with Gasteiger partial charge in [-0.25, -0.2) is 0 Å². The molecule has 3 atom stereocenters. The lowest BCUT2D eigenvalue weighted by atomic mass is 9.81. The van der Waals surface area contributed by atoms with Crippen LogP contribution >= 0.6 is 11.8 Å². The van der Waals surface area contributed by atoms with Crippen LogP contribution in [-0.4, -0.2) is 32.8 Å². The number of aliphatic hydroxyl groups is 1. The van der Waals surface area contributed by atoms with Gasteiger partial charge in [0, 0.05) is 5.25 Å². The maximum absolute atomic E-state index is 10.9. The average Bonchev–Trinajstić information content (AvgIpc) is 2.33. The predicted molar refractivity (Wildman–Crippen MR) is 52.9 cm³/mol. The van der Waals surface area contributed by atoms with Crippen LogP contribution in [0.5, 0.6) is 0 Å². The minimum Gasteiger partial charge on any atom is -0.481 e. The van der Waals surface area contributed by atoms with E-state index in [9.17, 15) is 9.90 Å². The first-order valence-corrected chi connectivity index (χ1v) is 5.64. The number of hydrogen-bond acceptors (Lipinski definition) is 3. The number of hydrogen-bond donors (Lipinski definition) is 2. The molecule has 0 amide bonds. The third-order valence-corrected chi connectivity index (χ3v) is 4.23. The summed E-state index contributed by atoms with van der Waals surface area (Å²) in [5, 5.41) is 19.2. The van der Waals surface area contributed by atoms with Gasteiger partial charge in [0.1, 0.15) is 0 Å². The lowest BCUT2D eigenvalue weighted by Crippen LogP contribution is -2.46. The molecule has 3 nitrogen and oxygen atoms in total. The Hall–Kier alpha value is -0.220. The van der Waals surface area contributed by atoms with Crippen LogP contribution in [0.25, 0.3) is 0 Å². The highest BCUT2D eigenvalue weighted by Gasteiger charge is 2.47. The van der Waals surface area contributed by atoms with E-state index in [1.165, 1.54) is 0 Å². The molecule has 1 rings (SSSR count). The van der Waals surface area contributed by atoms with Gasteiger partial charge in [-0.2, -0.15) is 11.8 Å². The number of carboxylic acid groups (broad SMARTS) is 1. The van der Waals surface area contributed by atoms with Crippen LogP contribution < -0.4 is 0 Å². The smallest absolute Gasteiger partial charge is 0.309 e. The maximum Gasteiger partial charge on any atom is 0.309 e. The molecule has 1 heterocycles. The second-order valence-electron chi connectivity index (χ2n) is 3.55. The van der Waals surface area contributed by atoms with E-state index in [0.29, 0.717) is 12.8 Å². The molecule has 0 saturated carbocycles. The van der Waals surface area contributed by atoms with Gasteiger partial charge in [-0.05, 0) is 18.6 Å². The quantitative estimate of drug-likeness (QED) is 0.728. The maximum atomic E-state index is 10.9. The second kappa shape index (κ2) is 3.88. The molecule has 2 N–H and O–H groups in total. The van der Waals surface area contributed by atoms with Crippen molar-refractivity contribution in [1.29, 1.82) is 0 Å². The molecule has 1 fully saturated rings. The number of thioether (sulfide) groups is 1.